The van der Waals surface area contributed by atoms with Crippen molar-refractivity contribution in [3.05, 3.63) is 18.3 Å². The van der Waals surface area contributed by atoms with Crippen molar-refractivity contribution in [1.82, 2.24) is 4.98 Å². The second kappa shape index (κ2) is 3.26. The topological polar surface area (TPSA) is 85.2 Å². The van der Waals surface area contributed by atoms with Gasteiger partial charge in [-0.25, -0.2) is 4.98 Å². The van der Waals surface area contributed by atoms with Gasteiger partial charge in [0.2, 0.25) is 5.91 Å². The smallest absolute Gasteiger partial charge is 0.228 e. The van der Waals surface area contributed by atoms with Crippen molar-refractivity contribution in [3.63, 3.8) is 0 Å². The molecule has 1 fully saturated rings. The molecule has 0 bridgehead atoms. The fraction of sp³-hybridized carbons (Fsp3) is 0.333. The van der Waals surface area contributed by atoms with Crippen molar-refractivity contribution in [2.45, 2.75) is 12.5 Å². The van der Waals surface area contributed by atoms with Crippen LogP contribution in [0.3, 0.4) is 0 Å². The van der Waals surface area contributed by atoms with Crippen LogP contribution in [-0.4, -0.2) is 23.5 Å². The fourth-order valence-electron chi connectivity index (χ4n) is 1.54. The Morgan fingerprint density at radius 1 is 1.50 bits per heavy atom. The quantitative estimate of drug-likeness (QED) is 0.641. The van der Waals surface area contributed by atoms with Crippen molar-refractivity contribution >= 4 is 17.4 Å². The predicted octanol–water partition coefficient (Wildman–Crippen LogP) is -0.272. The van der Waals surface area contributed by atoms with E-state index in [1.54, 1.807) is 23.2 Å². The third-order valence-corrected chi connectivity index (χ3v) is 2.24. The van der Waals surface area contributed by atoms with Crippen molar-refractivity contribution in [3.8, 4) is 0 Å². The molecule has 1 aliphatic heterocycles. The van der Waals surface area contributed by atoms with Gasteiger partial charge in [0.15, 0.2) is 0 Å². The summed E-state index contributed by atoms with van der Waals surface area (Å²) in [5, 5.41) is 0. The normalized spacial score (nSPS) is 21.6. The average Bonchev–Trinajstić information content (AvgIpc) is 2.47. The zero-order valence-electron chi connectivity index (χ0n) is 7.68. The van der Waals surface area contributed by atoms with Crippen LogP contribution in [0.4, 0.5) is 11.5 Å². The highest BCUT2D eigenvalue weighted by atomic mass is 16.2. The first kappa shape index (κ1) is 8.96. The molecule has 0 aliphatic carbocycles. The van der Waals surface area contributed by atoms with Crippen LogP contribution in [0.2, 0.25) is 0 Å². The molecule has 1 atom stereocenters. The largest absolute Gasteiger partial charge is 0.384 e. The molecule has 0 saturated carbocycles. The summed E-state index contributed by atoms with van der Waals surface area (Å²) in [7, 11) is 0. The van der Waals surface area contributed by atoms with Crippen LogP contribution in [0.5, 0.6) is 0 Å². The molecule has 5 nitrogen and oxygen atoms in total. The number of pyridine rings is 1. The number of hydrogen-bond donors (Lipinski definition) is 2. The van der Waals surface area contributed by atoms with Gasteiger partial charge in [0.1, 0.15) is 5.82 Å². The lowest BCUT2D eigenvalue weighted by Crippen LogP contribution is -2.28. The van der Waals surface area contributed by atoms with E-state index in [9.17, 15) is 4.79 Å². The van der Waals surface area contributed by atoms with E-state index in [2.05, 4.69) is 4.98 Å². The van der Waals surface area contributed by atoms with Gasteiger partial charge in [-0.15, -0.1) is 0 Å². The monoisotopic (exact) mass is 192 g/mol. The molecule has 1 aliphatic rings. The van der Waals surface area contributed by atoms with Gasteiger partial charge in [0.05, 0.1) is 11.9 Å². The van der Waals surface area contributed by atoms with E-state index in [0.717, 1.165) is 5.69 Å². The molecule has 1 aromatic rings. The van der Waals surface area contributed by atoms with Crippen molar-refractivity contribution in [1.29, 1.82) is 0 Å². The lowest BCUT2D eigenvalue weighted by Gasteiger charge is -2.15. The van der Waals surface area contributed by atoms with Gasteiger partial charge in [-0.1, -0.05) is 0 Å². The van der Waals surface area contributed by atoms with Crippen LogP contribution in [0.25, 0.3) is 0 Å². The summed E-state index contributed by atoms with van der Waals surface area (Å²) in [6, 6.07) is 3.38. The summed E-state index contributed by atoms with van der Waals surface area (Å²) in [4.78, 5) is 17.0. The number of aromatic nitrogens is 1. The SMILES string of the molecule is Nc1ccc(N2CC(N)CC2=O)cn1. The Labute approximate surface area is 81.7 Å². The summed E-state index contributed by atoms with van der Waals surface area (Å²) < 4.78 is 0. The standard InChI is InChI=1S/C9H12N4O/c10-6-3-9(14)13(5-6)7-1-2-8(11)12-4-7/h1-2,4,6H,3,5,10H2,(H2,11,12). The first-order chi connectivity index (χ1) is 6.66. The van der Waals surface area contributed by atoms with Gasteiger partial charge in [0, 0.05) is 19.0 Å². The predicted molar refractivity (Wildman–Crippen MR) is 53.6 cm³/mol. The number of hydrogen-bond acceptors (Lipinski definition) is 4. The molecule has 2 rings (SSSR count). The van der Waals surface area contributed by atoms with Gasteiger partial charge in [-0.2, -0.15) is 0 Å². The molecular formula is C9H12N4O. The molecule has 0 spiro atoms. The second-order valence-corrected chi connectivity index (χ2v) is 3.41. The molecule has 74 valence electrons. The first-order valence-corrected chi connectivity index (χ1v) is 4.44. The highest BCUT2D eigenvalue weighted by Gasteiger charge is 2.27. The number of anilines is 2. The van der Waals surface area contributed by atoms with Gasteiger partial charge >= 0.3 is 0 Å². The Hall–Kier alpha value is -1.62. The molecule has 1 saturated heterocycles. The molecule has 0 radical (unpaired) electrons. The molecule has 4 N–H and O–H groups in total. The molecular weight excluding hydrogens is 180 g/mol. The second-order valence-electron chi connectivity index (χ2n) is 3.41. The van der Waals surface area contributed by atoms with E-state index in [-0.39, 0.29) is 11.9 Å². The first-order valence-electron chi connectivity index (χ1n) is 4.44. The number of nitrogens with two attached hydrogens (primary N) is 2. The minimum atomic E-state index is -0.0694. The highest BCUT2D eigenvalue weighted by Crippen LogP contribution is 2.20. The van der Waals surface area contributed by atoms with Crippen LogP contribution in [0, 0.1) is 0 Å². The van der Waals surface area contributed by atoms with E-state index < -0.39 is 0 Å². The maximum atomic E-state index is 11.5. The number of nitrogen functional groups attached to an aromatic ring is 1. The van der Waals surface area contributed by atoms with E-state index in [4.69, 9.17) is 11.5 Å². The molecule has 1 amide bonds. The minimum Gasteiger partial charge on any atom is -0.384 e. The zero-order chi connectivity index (χ0) is 10.1. The Kier molecular flexibility index (Phi) is 2.09. The van der Waals surface area contributed by atoms with Crippen molar-refractivity contribution in [2.75, 3.05) is 17.2 Å². The Morgan fingerprint density at radius 2 is 2.29 bits per heavy atom. The van der Waals surface area contributed by atoms with Crippen molar-refractivity contribution < 1.29 is 4.79 Å². The highest BCUT2D eigenvalue weighted by molar-refractivity contribution is 5.96. The minimum absolute atomic E-state index is 0.0454. The average molecular weight is 192 g/mol. The third-order valence-electron chi connectivity index (χ3n) is 2.24. The molecule has 0 aromatic carbocycles. The summed E-state index contributed by atoms with van der Waals surface area (Å²) in [5.41, 5.74) is 11.9. The maximum Gasteiger partial charge on any atom is 0.228 e. The van der Waals surface area contributed by atoms with Crippen LogP contribution in [0.1, 0.15) is 6.42 Å². The van der Waals surface area contributed by atoms with Crippen molar-refractivity contribution in [2.24, 2.45) is 5.73 Å². The molecule has 1 unspecified atom stereocenters. The van der Waals surface area contributed by atoms with Gasteiger partial charge in [0.25, 0.3) is 0 Å². The lowest BCUT2D eigenvalue weighted by molar-refractivity contribution is -0.117. The Balaban J connectivity index is 2.23. The van der Waals surface area contributed by atoms with Gasteiger partial charge in [-0.3, -0.25) is 4.79 Å². The summed E-state index contributed by atoms with van der Waals surface area (Å²) >= 11 is 0. The number of carbonyl (C=O) groups excluding carboxylic acids is 1. The maximum absolute atomic E-state index is 11.5. The van der Waals surface area contributed by atoms with Gasteiger partial charge in [-0.05, 0) is 12.1 Å². The van der Waals surface area contributed by atoms with Crippen LogP contribution in [-0.2, 0) is 4.79 Å². The van der Waals surface area contributed by atoms with Crippen LogP contribution < -0.4 is 16.4 Å². The Bertz CT molecular complexity index is 348. The zero-order valence-corrected chi connectivity index (χ0v) is 7.68. The number of amides is 1. The van der Waals surface area contributed by atoms with E-state index in [1.807, 2.05) is 0 Å². The Morgan fingerprint density at radius 3 is 2.79 bits per heavy atom. The summed E-state index contributed by atoms with van der Waals surface area (Å²) in [5.74, 6) is 0.494. The summed E-state index contributed by atoms with van der Waals surface area (Å²) in [6.45, 7) is 0.560. The van der Waals surface area contributed by atoms with E-state index >= 15 is 0 Å². The molecule has 2 heterocycles. The number of rotatable bonds is 1. The molecule has 14 heavy (non-hydrogen) atoms. The lowest BCUT2D eigenvalue weighted by atomic mass is 10.3. The molecule has 1 aromatic heterocycles. The number of nitrogens with zero attached hydrogens (tertiary/aromatic N) is 2. The van der Waals surface area contributed by atoms with Crippen LogP contribution in [0.15, 0.2) is 18.3 Å². The van der Waals surface area contributed by atoms with E-state index in [0.29, 0.717) is 18.8 Å². The van der Waals surface area contributed by atoms with Crippen LogP contribution >= 0.6 is 0 Å². The van der Waals surface area contributed by atoms with E-state index in [1.165, 1.54) is 0 Å². The third kappa shape index (κ3) is 1.54. The number of carbonyl (C=O) groups is 1. The van der Waals surface area contributed by atoms with Gasteiger partial charge < -0.3 is 16.4 Å². The summed E-state index contributed by atoms with van der Waals surface area (Å²) in [6.07, 6.45) is 2.00. The fourth-order valence-corrected chi connectivity index (χ4v) is 1.54. The molecule has 5 heteroatoms.